The summed E-state index contributed by atoms with van der Waals surface area (Å²) in [7, 11) is -3.45. The molecule has 1 unspecified atom stereocenters. The molecule has 0 amide bonds. The largest absolute Gasteiger partial charge is 0.391 e. The predicted octanol–water partition coefficient (Wildman–Crippen LogP) is 2.12. The van der Waals surface area contributed by atoms with E-state index < -0.39 is 15.9 Å². The van der Waals surface area contributed by atoms with Gasteiger partial charge in [0.2, 0.25) is 0 Å². The highest BCUT2D eigenvalue weighted by Crippen LogP contribution is 2.23. The van der Waals surface area contributed by atoms with E-state index in [0.717, 1.165) is 18.5 Å². The van der Waals surface area contributed by atoms with E-state index in [4.69, 9.17) is 0 Å². The highest BCUT2D eigenvalue weighted by Gasteiger charge is 2.21. The number of benzene rings is 1. The van der Waals surface area contributed by atoms with Crippen molar-refractivity contribution in [2.75, 3.05) is 18.8 Å². The third-order valence-corrected chi connectivity index (χ3v) is 5.11. The molecule has 1 atom stereocenters. The van der Waals surface area contributed by atoms with Crippen LogP contribution in [0.25, 0.3) is 0 Å². The summed E-state index contributed by atoms with van der Waals surface area (Å²) in [5.41, 5.74) is 1.08. The van der Waals surface area contributed by atoms with Crippen molar-refractivity contribution in [2.24, 2.45) is 0 Å². The minimum Gasteiger partial charge on any atom is -0.391 e. The van der Waals surface area contributed by atoms with Crippen molar-refractivity contribution in [3.8, 4) is 0 Å². The molecule has 0 bridgehead atoms. The zero-order valence-electron chi connectivity index (χ0n) is 13.4. The fourth-order valence-electron chi connectivity index (χ4n) is 2.02. The van der Waals surface area contributed by atoms with Gasteiger partial charge in [-0.05, 0) is 36.1 Å². The van der Waals surface area contributed by atoms with Gasteiger partial charge < -0.3 is 10.4 Å². The van der Waals surface area contributed by atoms with Crippen molar-refractivity contribution in [2.45, 2.75) is 50.5 Å². The molecule has 21 heavy (non-hydrogen) atoms. The second-order valence-electron chi connectivity index (χ2n) is 6.41. The first-order valence-corrected chi connectivity index (χ1v) is 9.04. The first-order chi connectivity index (χ1) is 9.66. The molecule has 0 aliphatic heterocycles. The molecule has 0 spiro atoms. The Morgan fingerprint density at radius 1 is 1.19 bits per heavy atom. The lowest BCUT2D eigenvalue weighted by Crippen LogP contribution is -2.32. The zero-order chi connectivity index (χ0) is 16.1. The van der Waals surface area contributed by atoms with Crippen molar-refractivity contribution in [1.82, 2.24) is 5.32 Å². The van der Waals surface area contributed by atoms with Gasteiger partial charge in [-0.25, -0.2) is 8.42 Å². The highest BCUT2D eigenvalue weighted by molar-refractivity contribution is 7.91. The third kappa shape index (κ3) is 5.77. The summed E-state index contributed by atoms with van der Waals surface area (Å²) in [6, 6.07) is 6.94. The second-order valence-corrected chi connectivity index (χ2v) is 8.45. The third-order valence-electron chi connectivity index (χ3n) is 3.30. The molecule has 0 saturated heterocycles. The maximum atomic E-state index is 12.2. The van der Waals surface area contributed by atoms with E-state index in [9.17, 15) is 13.5 Å². The van der Waals surface area contributed by atoms with E-state index >= 15 is 0 Å². The molecule has 0 heterocycles. The van der Waals surface area contributed by atoms with Gasteiger partial charge in [0.05, 0.1) is 16.8 Å². The first kappa shape index (κ1) is 18.1. The van der Waals surface area contributed by atoms with Crippen LogP contribution in [0, 0.1) is 0 Å². The lowest BCUT2D eigenvalue weighted by Gasteiger charge is -2.19. The summed E-state index contributed by atoms with van der Waals surface area (Å²) >= 11 is 0. The molecular formula is C16H27NO3S. The summed E-state index contributed by atoms with van der Waals surface area (Å²) in [5, 5.41) is 12.8. The van der Waals surface area contributed by atoms with E-state index in [1.165, 1.54) is 0 Å². The molecular weight excluding hydrogens is 286 g/mol. The Hall–Kier alpha value is -0.910. The Labute approximate surface area is 128 Å². The van der Waals surface area contributed by atoms with Crippen molar-refractivity contribution < 1.29 is 13.5 Å². The predicted molar refractivity (Wildman–Crippen MR) is 86.4 cm³/mol. The Morgan fingerprint density at radius 2 is 1.76 bits per heavy atom. The minimum absolute atomic E-state index is 0.00806. The fourth-order valence-corrected chi connectivity index (χ4v) is 3.38. The lowest BCUT2D eigenvalue weighted by atomic mass is 9.87. The van der Waals surface area contributed by atoms with Gasteiger partial charge in [0.25, 0.3) is 0 Å². The van der Waals surface area contributed by atoms with Crippen LogP contribution in [-0.4, -0.2) is 38.5 Å². The van der Waals surface area contributed by atoms with Crippen LogP contribution >= 0.6 is 0 Å². The SMILES string of the molecule is CCCNCC(O)CS(=O)(=O)c1ccc(C(C)(C)C)cc1. The molecule has 2 N–H and O–H groups in total. The zero-order valence-corrected chi connectivity index (χ0v) is 14.2. The maximum Gasteiger partial charge on any atom is 0.180 e. The van der Waals surface area contributed by atoms with Gasteiger partial charge in [-0.1, -0.05) is 39.8 Å². The van der Waals surface area contributed by atoms with E-state index in [0.29, 0.717) is 6.54 Å². The number of hydrogen-bond donors (Lipinski definition) is 2. The number of sulfone groups is 1. The Kier molecular flexibility index (Phi) is 6.38. The quantitative estimate of drug-likeness (QED) is 0.757. The number of aliphatic hydroxyl groups excluding tert-OH is 1. The minimum atomic E-state index is -3.45. The number of hydrogen-bond acceptors (Lipinski definition) is 4. The van der Waals surface area contributed by atoms with Gasteiger partial charge in [0.15, 0.2) is 9.84 Å². The first-order valence-electron chi connectivity index (χ1n) is 7.39. The summed E-state index contributed by atoms with van der Waals surface area (Å²) < 4.78 is 24.5. The molecule has 1 aromatic rings. The Morgan fingerprint density at radius 3 is 2.24 bits per heavy atom. The molecule has 0 aliphatic carbocycles. The van der Waals surface area contributed by atoms with Gasteiger partial charge in [-0.2, -0.15) is 0 Å². The van der Waals surface area contributed by atoms with Crippen LogP contribution < -0.4 is 5.32 Å². The summed E-state index contributed by atoms with van der Waals surface area (Å²) in [5.74, 6) is -0.251. The molecule has 1 aromatic carbocycles. The molecule has 0 radical (unpaired) electrons. The average Bonchev–Trinajstić information content (AvgIpc) is 2.37. The van der Waals surface area contributed by atoms with Crippen LogP contribution in [0.5, 0.6) is 0 Å². The van der Waals surface area contributed by atoms with Crippen LogP contribution in [0.2, 0.25) is 0 Å². The summed E-state index contributed by atoms with van der Waals surface area (Å²) in [6.07, 6.45) is 0.0668. The van der Waals surface area contributed by atoms with Crippen LogP contribution in [0.1, 0.15) is 39.7 Å². The van der Waals surface area contributed by atoms with E-state index in [1.807, 2.05) is 19.1 Å². The van der Waals surface area contributed by atoms with Crippen LogP contribution in [0.3, 0.4) is 0 Å². The molecule has 0 fully saturated rings. The standard InChI is InChI=1S/C16H27NO3S/c1-5-10-17-11-14(18)12-21(19,20)15-8-6-13(7-9-15)16(2,3)4/h6-9,14,17-18H,5,10-12H2,1-4H3. The van der Waals surface area contributed by atoms with Crippen molar-refractivity contribution in [3.05, 3.63) is 29.8 Å². The average molecular weight is 313 g/mol. The lowest BCUT2D eigenvalue weighted by molar-refractivity contribution is 0.194. The number of nitrogens with one attached hydrogen (secondary N) is 1. The van der Waals surface area contributed by atoms with Crippen LogP contribution in [-0.2, 0) is 15.3 Å². The van der Waals surface area contributed by atoms with Gasteiger partial charge in [-0.3, -0.25) is 0 Å². The molecule has 120 valence electrons. The summed E-state index contributed by atoms with van der Waals surface area (Å²) in [4.78, 5) is 0.269. The van der Waals surface area contributed by atoms with Gasteiger partial charge >= 0.3 is 0 Å². The van der Waals surface area contributed by atoms with Gasteiger partial charge in [0.1, 0.15) is 0 Å². The molecule has 5 heteroatoms. The van der Waals surface area contributed by atoms with Crippen molar-refractivity contribution in [1.29, 1.82) is 0 Å². The highest BCUT2D eigenvalue weighted by atomic mass is 32.2. The number of rotatable bonds is 7. The van der Waals surface area contributed by atoms with Gasteiger partial charge in [0, 0.05) is 6.54 Å². The maximum absolute atomic E-state index is 12.2. The smallest absolute Gasteiger partial charge is 0.180 e. The Bertz CT molecular complexity index is 530. The molecule has 1 rings (SSSR count). The van der Waals surface area contributed by atoms with Crippen molar-refractivity contribution >= 4 is 9.84 Å². The van der Waals surface area contributed by atoms with Crippen molar-refractivity contribution in [3.63, 3.8) is 0 Å². The monoisotopic (exact) mass is 313 g/mol. The molecule has 0 aliphatic rings. The summed E-state index contributed by atoms with van der Waals surface area (Å²) in [6.45, 7) is 9.34. The Balaban J connectivity index is 2.74. The topological polar surface area (TPSA) is 66.4 Å². The van der Waals surface area contributed by atoms with Crippen LogP contribution in [0.4, 0.5) is 0 Å². The second kappa shape index (κ2) is 7.38. The van der Waals surface area contributed by atoms with E-state index in [-0.39, 0.29) is 16.1 Å². The molecule has 4 nitrogen and oxygen atoms in total. The number of aliphatic hydroxyl groups is 1. The van der Waals surface area contributed by atoms with Crippen LogP contribution in [0.15, 0.2) is 29.2 Å². The fraction of sp³-hybridized carbons (Fsp3) is 0.625. The molecule has 0 aromatic heterocycles. The van der Waals surface area contributed by atoms with E-state index in [2.05, 4.69) is 26.1 Å². The normalized spacial score (nSPS) is 14.1. The van der Waals surface area contributed by atoms with Gasteiger partial charge in [-0.15, -0.1) is 0 Å². The van der Waals surface area contributed by atoms with E-state index in [1.54, 1.807) is 12.1 Å². The molecule has 0 saturated carbocycles.